The molecule has 1 aromatic heterocycles. The van der Waals surface area contributed by atoms with Gasteiger partial charge in [0.2, 0.25) is 5.91 Å². The van der Waals surface area contributed by atoms with E-state index < -0.39 is 0 Å². The minimum atomic E-state index is 0.0198. The highest BCUT2D eigenvalue weighted by molar-refractivity contribution is 8.76. The summed E-state index contributed by atoms with van der Waals surface area (Å²) in [6.07, 6.45) is 7.75. The molecular formula is C14H20N2OS2. The molecule has 0 saturated heterocycles. The van der Waals surface area contributed by atoms with E-state index in [1.165, 1.54) is 0 Å². The van der Waals surface area contributed by atoms with Gasteiger partial charge in [0.15, 0.2) is 0 Å². The molecule has 5 heteroatoms. The first-order valence-electron chi connectivity index (χ1n) is 6.23. The summed E-state index contributed by atoms with van der Waals surface area (Å²) < 4.78 is 0. The van der Waals surface area contributed by atoms with E-state index in [0.717, 1.165) is 10.8 Å². The maximum Gasteiger partial charge on any atom is 0.220 e. The molecule has 1 N–H and O–H groups in total. The minimum Gasteiger partial charge on any atom is -0.355 e. The molecule has 0 atom stereocenters. The molecule has 1 aromatic rings. The molecule has 0 radical (unpaired) electrons. The van der Waals surface area contributed by atoms with E-state index in [1.54, 1.807) is 27.8 Å². The van der Waals surface area contributed by atoms with Crippen LogP contribution in [0.4, 0.5) is 0 Å². The number of hydrogen-bond acceptors (Lipinski definition) is 4. The molecule has 19 heavy (non-hydrogen) atoms. The molecule has 3 nitrogen and oxygen atoms in total. The van der Waals surface area contributed by atoms with Gasteiger partial charge in [0.1, 0.15) is 5.03 Å². The first-order valence-corrected chi connectivity index (χ1v) is 8.55. The van der Waals surface area contributed by atoms with E-state index in [4.69, 9.17) is 6.42 Å². The first-order chi connectivity index (χ1) is 9.33. The van der Waals surface area contributed by atoms with Crippen molar-refractivity contribution in [1.29, 1.82) is 0 Å². The number of pyridine rings is 1. The molecule has 104 valence electrons. The third-order valence-electron chi connectivity index (χ3n) is 1.79. The summed E-state index contributed by atoms with van der Waals surface area (Å²) in [5, 5.41) is 3.80. The van der Waals surface area contributed by atoms with Crippen LogP contribution in [0.25, 0.3) is 0 Å². The van der Waals surface area contributed by atoms with Crippen molar-refractivity contribution in [2.24, 2.45) is 0 Å². The van der Waals surface area contributed by atoms with Crippen LogP contribution >= 0.6 is 21.6 Å². The summed E-state index contributed by atoms with van der Waals surface area (Å²) in [4.78, 5) is 15.4. The molecule has 0 saturated carbocycles. The van der Waals surface area contributed by atoms with Crippen molar-refractivity contribution < 1.29 is 4.79 Å². The summed E-state index contributed by atoms with van der Waals surface area (Å²) >= 11 is 0. The highest BCUT2D eigenvalue weighted by Crippen LogP contribution is 2.28. The van der Waals surface area contributed by atoms with Gasteiger partial charge in [-0.3, -0.25) is 4.79 Å². The van der Waals surface area contributed by atoms with Gasteiger partial charge < -0.3 is 5.32 Å². The normalized spacial score (nSPS) is 8.89. The Morgan fingerprint density at radius 2 is 2.26 bits per heavy atom. The Kier molecular flexibility index (Phi) is 12.5. The third-order valence-corrected chi connectivity index (χ3v) is 4.05. The summed E-state index contributed by atoms with van der Waals surface area (Å²) in [7, 11) is 3.28. The van der Waals surface area contributed by atoms with Gasteiger partial charge >= 0.3 is 0 Å². The molecule has 1 heterocycles. The van der Waals surface area contributed by atoms with Crippen molar-refractivity contribution >= 4 is 27.5 Å². The Morgan fingerprint density at radius 1 is 1.47 bits per heavy atom. The fourth-order valence-electron chi connectivity index (χ4n) is 1.00. The van der Waals surface area contributed by atoms with Crippen LogP contribution in [-0.4, -0.2) is 23.2 Å². The van der Waals surface area contributed by atoms with Crippen LogP contribution in [-0.2, 0) is 4.79 Å². The van der Waals surface area contributed by atoms with Crippen LogP contribution in [0.5, 0.6) is 0 Å². The highest BCUT2D eigenvalue weighted by Gasteiger charge is 1.99. The first kappa shape index (κ1) is 17.9. The van der Waals surface area contributed by atoms with E-state index in [9.17, 15) is 4.79 Å². The zero-order valence-electron chi connectivity index (χ0n) is 11.4. The number of aromatic nitrogens is 1. The standard InChI is InChI=1S/C12H14N2OS2.C2H6/c1-2-3-6-11(15)13-9-10-16-17-12-7-4-5-8-14-12;1-2/h1,4-5,7-8H,3,6,9-10H2,(H,13,15);1-2H3. The number of nitrogens with zero attached hydrogens (tertiary/aromatic N) is 1. The van der Waals surface area contributed by atoms with Crippen LogP contribution < -0.4 is 5.32 Å². The van der Waals surface area contributed by atoms with Crippen molar-refractivity contribution in [3.05, 3.63) is 24.4 Å². The Bertz CT molecular complexity index is 377. The Hall–Kier alpha value is -1.12. The van der Waals surface area contributed by atoms with Crippen LogP contribution in [0.1, 0.15) is 26.7 Å². The van der Waals surface area contributed by atoms with Gasteiger partial charge in [-0.1, -0.05) is 30.7 Å². The lowest BCUT2D eigenvalue weighted by molar-refractivity contribution is -0.120. The smallest absolute Gasteiger partial charge is 0.220 e. The second kappa shape index (κ2) is 13.3. The van der Waals surface area contributed by atoms with Crippen molar-refractivity contribution in [2.45, 2.75) is 31.7 Å². The summed E-state index contributed by atoms with van der Waals surface area (Å²) in [5.41, 5.74) is 0. The van der Waals surface area contributed by atoms with Gasteiger partial charge in [0.05, 0.1) is 0 Å². The van der Waals surface area contributed by atoms with Gasteiger partial charge in [-0.25, -0.2) is 4.98 Å². The lowest BCUT2D eigenvalue weighted by atomic mass is 10.3. The van der Waals surface area contributed by atoms with Gasteiger partial charge in [0.25, 0.3) is 0 Å². The van der Waals surface area contributed by atoms with Gasteiger partial charge in [-0.2, -0.15) is 0 Å². The molecular weight excluding hydrogens is 276 g/mol. The number of amides is 1. The molecule has 0 aliphatic heterocycles. The molecule has 0 aliphatic rings. The van der Waals surface area contributed by atoms with E-state index in [2.05, 4.69) is 16.2 Å². The van der Waals surface area contributed by atoms with Crippen molar-refractivity contribution in [2.75, 3.05) is 12.3 Å². The highest BCUT2D eigenvalue weighted by atomic mass is 33.1. The van der Waals surface area contributed by atoms with E-state index in [1.807, 2.05) is 32.0 Å². The number of nitrogens with one attached hydrogen (secondary N) is 1. The largest absolute Gasteiger partial charge is 0.355 e. The number of terminal acetylenes is 1. The van der Waals surface area contributed by atoms with E-state index in [-0.39, 0.29) is 5.91 Å². The predicted molar refractivity (Wildman–Crippen MR) is 85.0 cm³/mol. The lowest BCUT2D eigenvalue weighted by Gasteiger charge is -2.03. The molecule has 0 aromatic carbocycles. The van der Waals surface area contributed by atoms with Crippen molar-refractivity contribution in [3.63, 3.8) is 0 Å². The topological polar surface area (TPSA) is 42.0 Å². The monoisotopic (exact) mass is 296 g/mol. The van der Waals surface area contributed by atoms with Crippen molar-refractivity contribution in [1.82, 2.24) is 10.3 Å². The molecule has 0 bridgehead atoms. The SMILES string of the molecule is C#CCCC(=O)NCCSSc1ccccn1.CC. The third kappa shape index (κ3) is 10.5. The lowest BCUT2D eigenvalue weighted by Crippen LogP contribution is -2.25. The maximum absolute atomic E-state index is 11.2. The molecule has 0 unspecified atom stereocenters. The summed E-state index contributed by atoms with van der Waals surface area (Å²) in [6, 6.07) is 5.81. The number of carbonyl (C=O) groups excluding carboxylic acids is 1. The molecule has 1 amide bonds. The zero-order valence-corrected chi connectivity index (χ0v) is 13.0. The predicted octanol–water partition coefficient (Wildman–Crippen LogP) is 3.38. The molecule has 0 aliphatic carbocycles. The summed E-state index contributed by atoms with van der Waals surface area (Å²) in [6.45, 7) is 4.66. The fourth-order valence-corrected chi connectivity index (χ4v) is 2.79. The van der Waals surface area contributed by atoms with Gasteiger partial charge in [-0.05, 0) is 22.9 Å². The number of hydrogen-bond donors (Lipinski definition) is 1. The average molecular weight is 296 g/mol. The minimum absolute atomic E-state index is 0.0198. The fraction of sp³-hybridized carbons (Fsp3) is 0.429. The molecule has 0 fully saturated rings. The van der Waals surface area contributed by atoms with Crippen LogP contribution in [0.2, 0.25) is 0 Å². The Morgan fingerprint density at radius 3 is 2.89 bits per heavy atom. The van der Waals surface area contributed by atoms with Gasteiger partial charge in [-0.15, -0.1) is 12.3 Å². The second-order valence-corrected chi connectivity index (χ2v) is 5.56. The summed E-state index contributed by atoms with van der Waals surface area (Å²) in [5.74, 6) is 3.31. The van der Waals surface area contributed by atoms with Crippen LogP contribution in [0.3, 0.4) is 0 Å². The van der Waals surface area contributed by atoms with E-state index >= 15 is 0 Å². The van der Waals surface area contributed by atoms with E-state index in [0.29, 0.717) is 19.4 Å². The Balaban J connectivity index is 0.00000154. The van der Waals surface area contributed by atoms with Gasteiger partial charge in [0, 0.05) is 31.3 Å². The quantitative estimate of drug-likeness (QED) is 0.476. The Labute approximate surface area is 123 Å². The number of rotatable bonds is 7. The average Bonchev–Trinajstić information content (AvgIpc) is 2.48. The maximum atomic E-state index is 11.2. The number of carbonyl (C=O) groups is 1. The molecule has 0 spiro atoms. The zero-order chi connectivity index (χ0) is 14.3. The molecule has 1 rings (SSSR count). The van der Waals surface area contributed by atoms with Crippen LogP contribution in [0.15, 0.2) is 29.4 Å². The second-order valence-electron chi connectivity index (χ2n) is 3.13. The van der Waals surface area contributed by atoms with Crippen LogP contribution in [0, 0.1) is 12.3 Å². The van der Waals surface area contributed by atoms with Crippen molar-refractivity contribution in [3.8, 4) is 12.3 Å².